The minimum Gasteiger partial charge on any atom is -0.481 e. The van der Waals surface area contributed by atoms with Crippen LogP contribution in [0.2, 0.25) is 0 Å². The summed E-state index contributed by atoms with van der Waals surface area (Å²) < 4.78 is 6.05. The average molecular weight is 324 g/mol. The first-order chi connectivity index (χ1) is 11.2. The van der Waals surface area contributed by atoms with Crippen LogP contribution in [-0.2, 0) is 9.53 Å². The van der Waals surface area contributed by atoms with Crippen molar-refractivity contribution in [1.29, 1.82) is 0 Å². The summed E-state index contributed by atoms with van der Waals surface area (Å²) in [4.78, 5) is 12.2. The molecule has 0 aliphatic carbocycles. The van der Waals surface area contributed by atoms with E-state index in [9.17, 15) is 4.79 Å². The van der Waals surface area contributed by atoms with E-state index in [1.54, 1.807) is 6.26 Å². The molecule has 0 N–H and O–H groups in total. The fraction of sp³-hybridized carbons (Fsp3) is 0.250. The predicted molar refractivity (Wildman–Crippen MR) is 95.4 cm³/mol. The zero-order chi connectivity index (χ0) is 16.2. The number of hydrogen-bond donors (Lipinski definition) is 0. The summed E-state index contributed by atoms with van der Waals surface area (Å²) in [6.07, 6.45) is 4.53. The van der Waals surface area contributed by atoms with Crippen molar-refractivity contribution < 1.29 is 9.53 Å². The molecule has 0 aromatic heterocycles. The standard InChI is InChI=1S/C20H20O2S/c1-14-8-6-7-11-17(14)18-12-16(15-9-4-3-5-10-15)13-19(22-18)20(21)23-2/h3-11,13,16,18H,12H2,1-2H3/t16-,18+/m0/s1. The highest BCUT2D eigenvalue weighted by atomic mass is 32.2. The van der Waals surface area contributed by atoms with Gasteiger partial charge in [-0.2, -0.15) is 0 Å². The van der Waals surface area contributed by atoms with Gasteiger partial charge < -0.3 is 4.74 Å². The minimum absolute atomic E-state index is 0.00999. The lowest BCUT2D eigenvalue weighted by Crippen LogP contribution is -2.18. The van der Waals surface area contributed by atoms with Gasteiger partial charge >= 0.3 is 0 Å². The molecule has 0 fully saturated rings. The van der Waals surface area contributed by atoms with Crippen LogP contribution >= 0.6 is 11.8 Å². The van der Waals surface area contributed by atoms with Crippen LogP contribution in [0.25, 0.3) is 0 Å². The lowest BCUT2D eigenvalue weighted by molar-refractivity contribution is -0.112. The van der Waals surface area contributed by atoms with Crippen LogP contribution in [0.4, 0.5) is 0 Å². The number of thioether (sulfide) groups is 1. The molecule has 118 valence electrons. The number of hydrogen-bond acceptors (Lipinski definition) is 3. The van der Waals surface area contributed by atoms with Crippen molar-refractivity contribution in [2.24, 2.45) is 0 Å². The number of carbonyl (C=O) groups is 1. The van der Waals surface area contributed by atoms with Crippen LogP contribution in [0.15, 0.2) is 66.4 Å². The molecule has 0 spiro atoms. The van der Waals surface area contributed by atoms with Gasteiger partial charge in [0, 0.05) is 5.92 Å². The van der Waals surface area contributed by atoms with Gasteiger partial charge in [-0.15, -0.1) is 0 Å². The summed E-state index contributed by atoms with van der Waals surface area (Å²) in [5, 5.41) is -0.00999. The highest BCUT2D eigenvalue weighted by Gasteiger charge is 2.29. The van der Waals surface area contributed by atoms with Crippen LogP contribution in [0.5, 0.6) is 0 Å². The molecule has 2 aromatic carbocycles. The van der Waals surface area contributed by atoms with Gasteiger partial charge in [0.1, 0.15) is 6.10 Å². The maximum atomic E-state index is 12.2. The number of allylic oxidation sites excluding steroid dienone is 1. The second-order valence-corrected chi connectivity index (χ2v) is 6.52. The van der Waals surface area contributed by atoms with Crippen molar-refractivity contribution in [3.63, 3.8) is 0 Å². The lowest BCUT2D eigenvalue weighted by Gasteiger charge is -2.30. The van der Waals surface area contributed by atoms with E-state index < -0.39 is 0 Å². The molecule has 23 heavy (non-hydrogen) atoms. The van der Waals surface area contributed by atoms with Gasteiger partial charge in [0.15, 0.2) is 5.76 Å². The summed E-state index contributed by atoms with van der Waals surface area (Å²) in [5.41, 5.74) is 3.58. The third-order valence-corrected chi connectivity index (χ3v) is 4.81. The molecule has 2 nitrogen and oxygen atoms in total. The predicted octanol–water partition coefficient (Wildman–Crippen LogP) is 5.01. The largest absolute Gasteiger partial charge is 0.481 e. The molecule has 1 aliphatic heterocycles. The number of carbonyl (C=O) groups excluding carboxylic acids is 1. The Kier molecular flexibility index (Phi) is 4.87. The fourth-order valence-corrected chi connectivity index (χ4v) is 3.33. The number of rotatable bonds is 3. The Bertz CT molecular complexity index is 721. The van der Waals surface area contributed by atoms with Gasteiger partial charge in [-0.1, -0.05) is 66.4 Å². The Morgan fingerprint density at radius 3 is 2.48 bits per heavy atom. The molecular weight excluding hydrogens is 304 g/mol. The van der Waals surface area contributed by atoms with Gasteiger partial charge in [0.2, 0.25) is 0 Å². The van der Waals surface area contributed by atoms with E-state index in [2.05, 4.69) is 31.2 Å². The molecule has 2 aromatic rings. The molecule has 0 saturated heterocycles. The molecule has 1 aliphatic rings. The molecule has 0 radical (unpaired) electrons. The smallest absolute Gasteiger partial charge is 0.253 e. The molecule has 2 atom stereocenters. The Morgan fingerprint density at radius 2 is 1.78 bits per heavy atom. The number of benzene rings is 2. The van der Waals surface area contributed by atoms with Gasteiger partial charge in [0.25, 0.3) is 5.12 Å². The Hall–Kier alpha value is -2.00. The second kappa shape index (κ2) is 7.05. The Labute approximate surface area is 141 Å². The zero-order valence-electron chi connectivity index (χ0n) is 13.4. The van der Waals surface area contributed by atoms with Crippen molar-refractivity contribution in [2.45, 2.75) is 25.4 Å². The van der Waals surface area contributed by atoms with E-state index in [-0.39, 0.29) is 17.1 Å². The summed E-state index contributed by atoms with van der Waals surface area (Å²) in [7, 11) is 0. The van der Waals surface area contributed by atoms with Crippen LogP contribution < -0.4 is 0 Å². The third-order valence-electron chi connectivity index (χ3n) is 4.24. The molecule has 0 amide bonds. The summed E-state index contributed by atoms with van der Waals surface area (Å²) >= 11 is 1.20. The van der Waals surface area contributed by atoms with E-state index >= 15 is 0 Å². The van der Waals surface area contributed by atoms with E-state index in [1.807, 2.05) is 36.4 Å². The van der Waals surface area contributed by atoms with E-state index in [0.717, 1.165) is 12.0 Å². The van der Waals surface area contributed by atoms with E-state index in [0.29, 0.717) is 5.76 Å². The maximum absolute atomic E-state index is 12.2. The van der Waals surface area contributed by atoms with Crippen molar-refractivity contribution in [1.82, 2.24) is 0 Å². The van der Waals surface area contributed by atoms with Crippen LogP contribution in [0.1, 0.15) is 35.1 Å². The molecule has 1 heterocycles. The highest BCUT2D eigenvalue weighted by Crippen LogP contribution is 2.40. The molecule has 0 unspecified atom stereocenters. The zero-order valence-corrected chi connectivity index (χ0v) is 14.2. The quantitative estimate of drug-likeness (QED) is 0.793. The fourth-order valence-electron chi connectivity index (χ4n) is 3.01. The van der Waals surface area contributed by atoms with E-state index in [1.165, 1.54) is 22.9 Å². The van der Waals surface area contributed by atoms with Gasteiger partial charge in [-0.3, -0.25) is 4.79 Å². The van der Waals surface area contributed by atoms with Crippen molar-refractivity contribution in [2.75, 3.05) is 6.26 Å². The topological polar surface area (TPSA) is 26.3 Å². The van der Waals surface area contributed by atoms with Crippen molar-refractivity contribution >= 4 is 16.9 Å². The molecular formula is C20H20O2S. The highest BCUT2D eigenvalue weighted by molar-refractivity contribution is 8.13. The average Bonchev–Trinajstić information content (AvgIpc) is 2.61. The normalized spacial score (nSPS) is 20.5. The monoisotopic (exact) mass is 324 g/mol. The molecule has 0 saturated carbocycles. The van der Waals surface area contributed by atoms with Crippen LogP contribution in [-0.4, -0.2) is 11.4 Å². The molecule has 0 bridgehead atoms. The summed E-state index contributed by atoms with van der Waals surface area (Å²) in [6, 6.07) is 18.6. The molecule has 3 heteroatoms. The first-order valence-electron chi connectivity index (χ1n) is 7.76. The number of aryl methyl sites for hydroxylation is 1. The Balaban J connectivity index is 1.97. The maximum Gasteiger partial charge on any atom is 0.253 e. The molecule has 3 rings (SSSR count). The minimum atomic E-state index is -0.0856. The van der Waals surface area contributed by atoms with Gasteiger partial charge in [0.05, 0.1) is 0 Å². The van der Waals surface area contributed by atoms with Crippen LogP contribution in [0, 0.1) is 6.92 Å². The SMILES string of the molecule is CSC(=O)C1=C[C@@H](c2ccccc2)C[C@H](c2ccccc2C)O1. The first kappa shape index (κ1) is 15.9. The lowest BCUT2D eigenvalue weighted by atomic mass is 9.87. The first-order valence-corrected chi connectivity index (χ1v) is 8.98. The summed E-state index contributed by atoms with van der Waals surface area (Å²) in [5.74, 6) is 0.673. The Morgan fingerprint density at radius 1 is 1.09 bits per heavy atom. The number of ether oxygens (including phenoxy) is 1. The second-order valence-electron chi connectivity index (χ2n) is 5.74. The van der Waals surface area contributed by atoms with Gasteiger partial charge in [-0.05, 0) is 42.4 Å². The van der Waals surface area contributed by atoms with Crippen molar-refractivity contribution in [3.05, 3.63) is 83.1 Å². The van der Waals surface area contributed by atoms with Crippen molar-refractivity contribution in [3.8, 4) is 0 Å². The third kappa shape index (κ3) is 3.50. The van der Waals surface area contributed by atoms with Crippen LogP contribution in [0.3, 0.4) is 0 Å². The van der Waals surface area contributed by atoms with E-state index in [4.69, 9.17) is 4.74 Å². The van der Waals surface area contributed by atoms with Gasteiger partial charge in [-0.25, -0.2) is 0 Å². The summed E-state index contributed by atoms with van der Waals surface area (Å²) in [6.45, 7) is 2.09.